The Bertz CT molecular complexity index is 786. The third-order valence-corrected chi connectivity index (χ3v) is 4.27. The Morgan fingerprint density at radius 2 is 2.19 bits per heavy atom. The van der Waals surface area contributed by atoms with Gasteiger partial charge in [0.25, 0.3) is 15.9 Å². The summed E-state index contributed by atoms with van der Waals surface area (Å²) in [6.45, 7) is 2.27. The number of amides is 1. The van der Waals surface area contributed by atoms with Gasteiger partial charge in [-0.2, -0.15) is 5.10 Å². The highest BCUT2D eigenvalue weighted by atomic mass is 35.5. The number of nitrogens with two attached hydrogens (primary N) is 1. The second-order valence-electron chi connectivity index (χ2n) is 4.17. The predicted molar refractivity (Wildman–Crippen MR) is 78.7 cm³/mol. The molecule has 0 aliphatic carbocycles. The lowest BCUT2D eigenvalue weighted by atomic mass is 10.4. The summed E-state index contributed by atoms with van der Waals surface area (Å²) in [5, 5.41) is 4.20. The van der Waals surface area contributed by atoms with Crippen molar-refractivity contribution < 1.29 is 13.2 Å². The second-order valence-corrected chi connectivity index (χ2v) is 6.29. The summed E-state index contributed by atoms with van der Waals surface area (Å²) in [5.74, 6) is -0.814. The van der Waals surface area contributed by atoms with E-state index >= 15 is 0 Å². The first kappa shape index (κ1) is 15.3. The molecule has 2 rings (SSSR count). The van der Waals surface area contributed by atoms with E-state index in [4.69, 9.17) is 17.3 Å². The summed E-state index contributed by atoms with van der Waals surface area (Å²) in [5.41, 5.74) is 5.09. The summed E-state index contributed by atoms with van der Waals surface area (Å²) in [7, 11) is -3.88. The van der Waals surface area contributed by atoms with E-state index in [1.165, 1.54) is 29.1 Å². The van der Waals surface area contributed by atoms with Crippen LogP contribution in [0.3, 0.4) is 0 Å². The van der Waals surface area contributed by atoms with Crippen LogP contribution in [0.4, 0.5) is 5.69 Å². The van der Waals surface area contributed by atoms with E-state index in [2.05, 4.69) is 9.82 Å². The molecule has 1 amide bonds. The zero-order valence-corrected chi connectivity index (χ0v) is 12.6. The minimum absolute atomic E-state index is 0.0188. The van der Waals surface area contributed by atoms with Crippen LogP contribution < -0.4 is 10.5 Å². The summed E-state index contributed by atoms with van der Waals surface area (Å²) in [6, 6.07) is 5.77. The standard InChI is InChI=1S/C12H13ClN4O3S/c1-2-17-7-10(11(15-17)12(14)18)16-21(19,20)9-5-3-4-8(13)6-9/h3-7,16H,2H2,1H3,(H2,14,18). The smallest absolute Gasteiger partial charge is 0.271 e. The van der Waals surface area contributed by atoms with Gasteiger partial charge in [-0.05, 0) is 25.1 Å². The summed E-state index contributed by atoms with van der Waals surface area (Å²) in [6.07, 6.45) is 1.40. The molecule has 0 unspecified atom stereocenters. The Hall–Kier alpha value is -2.06. The number of aromatic nitrogens is 2. The Balaban J connectivity index is 2.41. The molecule has 0 aliphatic rings. The molecule has 21 heavy (non-hydrogen) atoms. The molecule has 7 nitrogen and oxygen atoms in total. The average Bonchev–Trinajstić information content (AvgIpc) is 2.81. The molecule has 3 N–H and O–H groups in total. The van der Waals surface area contributed by atoms with Crippen molar-refractivity contribution in [3.63, 3.8) is 0 Å². The first-order chi connectivity index (χ1) is 9.83. The molecular formula is C12H13ClN4O3S. The van der Waals surface area contributed by atoms with E-state index in [9.17, 15) is 13.2 Å². The van der Waals surface area contributed by atoms with Crippen LogP contribution in [0.15, 0.2) is 35.4 Å². The Kier molecular flexibility index (Phi) is 4.19. The number of aryl methyl sites for hydroxylation is 1. The summed E-state index contributed by atoms with van der Waals surface area (Å²) >= 11 is 5.78. The highest BCUT2D eigenvalue weighted by molar-refractivity contribution is 7.92. The molecule has 112 valence electrons. The van der Waals surface area contributed by atoms with E-state index in [-0.39, 0.29) is 21.3 Å². The second kappa shape index (κ2) is 5.74. The van der Waals surface area contributed by atoms with Gasteiger partial charge < -0.3 is 5.73 Å². The number of hydrogen-bond acceptors (Lipinski definition) is 4. The third kappa shape index (κ3) is 3.34. The van der Waals surface area contributed by atoms with Crippen LogP contribution in [0.2, 0.25) is 5.02 Å². The van der Waals surface area contributed by atoms with Crippen LogP contribution in [0, 0.1) is 0 Å². The van der Waals surface area contributed by atoms with Crippen LogP contribution in [0.1, 0.15) is 17.4 Å². The number of benzene rings is 1. The monoisotopic (exact) mass is 328 g/mol. The van der Waals surface area contributed by atoms with Crippen LogP contribution in [0.5, 0.6) is 0 Å². The molecule has 1 aromatic carbocycles. The average molecular weight is 329 g/mol. The molecule has 0 aliphatic heterocycles. The fraction of sp³-hybridized carbons (Fsp3) is 0.167. The van der Waals surface area contributed by atoms with E-state index in [0.29, 0.717) is 6.54 Å². The maximum Gasteiger partial charge on any atom is 0.271 e. The fourth-order valence-corrected chi connectivity index (χ4v) is 3.03. The van der Waals surface area contributed by atoms with Crippen LogP contribution in [-0.2, 0) is 16.6 Å². The minimum atomic E-state index is -3.88. The summed E-state index contributed by atoms with van der Waals surface area (Å²) in [4.78, 5) is 11.3. The van der Waals surface area contributed by atoms with E-state index in [0.717, 1.165) is 0 Å². The Labute approximate surface area is 126 Å². The predicted octanol–water partition coefficient (Wildman–Crippen LogP) is 1.46. The van der Waals surface area contributed by atoms with Crippen molar-refractivity contribution in [2.24, 2.45) is 5.73 Å². The van der Waals surface area contributed by atoms with Crippen molar-refractivity contribution in [1.82, 2.24) is 9.78 Å². The van der Waals surface area contributed by atoms with Gasteiger partial charge in [-0.25, -0.2) is 8.42 Å². The number of sulfonamides is 1. The number of anilines is 1. The molecule has 0 saturated carbocycles. The zero-order valence-electron chi connectivity index (χ0n) is 11.1. The molecular weight excluding hydrogens is 316 g/mol. The van der Waals surface area contributed by atoms with Gasteiger partial charge in [0.2, 0.25) is 0 Å². The molecule has 2 aromatic rings. The number of carbonyl (C=O) groups excluding carboxylic acids is 1. The van der Waals surface area contributed by atoms with Crippen molar-refractivity contribution in [2.75, 3.05) is 4.72 Å². The normalized spacial score (nSPS) is 11.3. The third-order valence-electron chi connectivity index (χ3n) is 2.67. The largest absolute Gasteiger partial charge is 0.364 e. The Morgan fingerprint density at radius 3 is 2.76 bits per heavy atom. The maximum atomic E-state index is 12.3. The number of rotatable bonds is 5. The quantitative estimate of drug-likeness (QED) is 0.866. The SMILES string of the molecule is CCn1cc(NS(=O)(=O)c2cccc(Cl)c2)c(C(N)=O)n1. The number of nitrogens with one attached hydrogen (secondary N) is 1. The van der Waals surface area contributed by atoms with Gasteiger partial charge in [-0.1, -0.05) is 17.7 Å². The van der Waals surface area contributed by atoms with Crippen molar-refractivity contribution in [1.29, 1.82) is 0 Å². The molecule has 0 atom stereocenters. The zero-order chi connectivity index (χ0) is 15.6. The lowest BCUT2D eigenvalue weighted by Gasteiger charge is -2.07. The van der Waals surface area contributed by atoms with E-state index in [1.807, 2.05) is 0 Å². The number of nitrogens with zero attached hydrogens (tertiary/aromatic N) is 2. The van der Waals surface area contributed by atoms with Crippen LogP contribution in [-0.4, -0.2) is 24.1 Å². The summed E-state index contributed by atoms with van der Waals surface area (Å²) < 4.78 is 28.2. The van der Waals surface area contributed by atoms with Crippen molar-refractivity contribution in [3.05, 3.63) is 41.2 Å². The van der Waals surface area contributed by atoms with Crippen LogP contribution in [0.25, 0.3) is 0 Å². The van der Waals surface area contributed by atoms with Crippen molar-refractivity contribution in [3.8, 4) is 0 Å². The van der Waals surface area contributed by atoms with Crippen LogP contribution >= 0.6 is 11.6 Å². The van der Waals surface area contributed by atoms with Gasteiger partial charge >= 0.3 is 0 Å². The number of halogens is 1. The van der Waals surface area contributed by atoms with Gasteiger partial charge in [-0.15, -0.1) is 0 Å². The van der Waals surface area contributed by atoms with Gasteiger partial charge in [0.05, 0.1) is 10.6 Å². The number of carbonyl (C=O) groups is 1. The maximum absolute atomic E-state index is 12.3. The van der Waals surface area contributed by atoms with Gasteiger partial charge in [0.1, 0.15) is 0 Å². The number of hydrogen-bond donors (Lipinski definition) is 2. The van der Waals surface area contributed by atoms with Gasteiger partial charge in [0, 0.05) is 17.8 Å². The van der Waals surface area contributed by atoms with E-state index in [1.54, 1.807) is 13.0 Å². The highest BCUT2D eigenvalue weighted by Crippen LogP contribution is 2.21. The molecule has 0 fully saturated rings. The number of primary amides is 1. The Morgan fingerprint density at radius 1 is 1.48 bits per heavy atom. The lowest BCUT2D eigenvalue weighted by molar-refractivity contribution is 0.0995. The molecule has 0 bridgehead atoms. The molecule has 0 radical (unpaired) electrons. The van der Waals surface area contributed by atoms with Crippen molar-refractivity contribution >= 4 is 33.2 Å². The molecule has 9 heteroatoms. The van der Waals surface area contributed by atoms with E-state index < -0.39 is 15.9 Å². The first-order valence-corrected chi connectivity index (χ1v) is 7.85. The molecule has 0 saturated heterocycles. The first-order valence-electron chi connectivity index (χ1n) is 5.99. The lowest BCUT2D eigenvalue weighted by Crippen LogP contribution is -2.18. The fourth-order valence-electron chi connectivity index (χ4n) is 1.68. The topological polar surface area (TPSA) is 107 Å². The van der Waals surface area contributed by atoms with Gasteiger partial charge in [-0.3, -0.25) is 14.2 Å². The minimum Gasteiger partial charge on any atom is -0.364 e. The molecule has 0 spiro atoms. The molecule has 1 heterocycles. The highest BCUT2D eigenvalue weighted by Gasteiger charge is 2.21. The molecule has 1 aromatic heterocycles. The van der Waals surface area contributed by atoms with Gasteiger partial charge in [0.15, 0.2) is 5.69 Å². The van der Waals surface area contributed by atoms with Crippen molar-refractivity contribution in [2.45, 2.75) is 18.4 Å².